The van der Waals surface area contributed by atoms with Crippen LogP contribution in [0.15, 0.2) is 54.7 Å². The van der Waals surface area contributed by atoms with Gasteiger partial charge in [0.15, 0.2) is 5.11 Å². The van der Waals surface area contributed by atoms with Gasteiger partial charge in [-0.1, -0.05) is 18.2 Å². The summed E-state index contributed by atoms with van der Waals surface area (Å²) in [4.78, 5) is 33.2. The number of ether oxygens (including phenoxy) is 1. The van der Waals surface area contributed by atoms with Crippen molar-refractivity contribution in [3.63, 3.8) is 0 Å². The lowest BCUT2D eigenvalue weighted by Crippen LogP contribution is -2.48. The normalized spacial score (nSPS) is 18.0. The number of hydrogen-bond donors (Lipinski definition) is 3. The SMILES string of the molecule is NC(=S)NC[C@H]1CN(c2ccc(N3CCN(C(=O)/C=C/c4c[nH]c5ccccc45)CC3)c(F)c2)C(=O)O1. The molecule has 1 atom stereocenters. The van der Waals surface area contributed by atoms with Gasteiger partial charge in [0.2, 0.25) is 5.91 Å². The molecule has 2 aliphatic rings. The summed E-state index contributed by atoms with van der Waals surface area (Å²) in [5.74, 6) is -0.512. The Balaban J connectivity index is 1.17. The molecule has 37 heavy (non-hydrogen) atoms. The van der Waals surface area contributed by atoms with Gasteiger partial charge in [0, 0.05) is 49.4 Å². The van der Waals surface area contributed by atoms with Crippen LogP contribution in [0.4, 0.5) is 20.6 Å². The summed E-state index contributed by atoms with van der Waals surface area (Å²) >= 11 is 4.77. The molecule has 2 aromatic carbocycles. The summed E-state index contributed by atoms with van der Waals surface area (Å²) in [5, 5.41) is 3.95. The van der Waals surface area contributed by atoms with E-state index < -0.39 is 18.0 Å². The number of piperazine rings is 1. The summed E-state index contributed by atoms with van der Waals surface area (Å²) in [5.41, 5.74) is 8.25. The van der Waals surface area contributed by atoms with E-state index in [0.29, 0.717) is 37.6 Å². The first kappa shape index (κ1) is 24.6. The first-order chi connectivity index (χ1) is 17.9. The topological polar surface area (TPSA) is 107 Å². The second-order valence-electron chi connectivity index (χ2n) is 8.93. The number of carbonyl (C=O) groups excluding carboxylic acids is 2. The molecule has 2 saturated heterocycles. The fourth-order valence-electron chi connectivity index (χ4n) is 4.64. The van der Waals surface area contributed by atoms with Crippen molar-refractivity contribution >= 4 is 57.7 Å². The standard InChI is InChI=1S/C26H27FN6O3S/c27-21-13-18(33-16-19(36-26(33)35)15-30-25(28)37)6-7-23(21)31-9-11-32(12-10-31)24(34)8-5-17-14-29-22-4-2-1-3-20(17)22/h1-8,13-14,19,29H,9-12,15-16H2,(H3,28,30,37)/b8-5+/t19-/m0/s1. The molecule has 3 heterocycles. The number of benzene rings is 2. The molecule has 4 N–H and O–H groups in total. The summed E-state index contributed by atoms with van der Waals surface area (Å²) in [6.45, 7) is 2.52. The van der Waals surface area contributed by atoms with Gasteiger partial charge < -0.3 is 30.6 Å². The van der Waals surface area contributed by atoms with Gasteiger partial charge in [-0.25, -0.2) is 9.18 Å². The van der Waals surface area contributed by atoms with Crippen LogP contribution in [0.25, 0.3) is 17.0 Å². The van der Waals surface area contributed by atoms with Crippen LogP contribution in [0.3, 0.4) is 0 Å². The lowest BCUT2D eigenvalue weighted by Gasteiger charge is -2.36. The predicted octanol–water partition coefficient (Wildman–Crippen LogP) is 2.83. The van der Waals surface area contributed by atoms with Crippen molar-refractivity contribution in [2.45, 2.75) is 6.10 Å². The van der Waals surface area contributed by atoms with Crippen LogP contribution in [0.1, 0.15) is 5.56 Å². The van der Waals surface area contributed by atoms with Crippen molar-refractivity contribution in [2.24, 2.45) is 5.73 Å². The van der Waals surface area contributed by atoms with E-state index >= 15 is 4.39 Å². The number of carbonyl (C=O) groups is 2. The largest absolute Gasteiger partial charge is 0.442 e. The van der Waals surface area contributed by atoms with Gasteiger partial charge >= 0.3 is 6.09 Å². The molecule has 9 nitrogen and oxygen atoms in total. The van der Waals surface area contributed by atoms with E-state index in [2.05, 4.69) is 10.3 Å². The second-order valence-corrected chi connectivity index (χ2v) is 9.37. The number of halogens is 1. The van der Waals surface area contributed by atoms with Crippen LogP contribution in [0.2, 0.25) is 0 Å². The number of hydrogen-bond acceptors (Lipinski definition) is 5. The van der Waals surface area contributed by atoms with Crippen LogP contribution < -0.4 is 20.9 Å². The minimum absolute atomic E-state index is 0.0762. The number of amides is 2. The summed E-state index contributed by atoms with van der Waals surface area (Å²) < 4.78 is 20.4. The van der Waals surface area contributed by atoms with Crippen molar-refractivity contribution in [3.8, 4) is 0 Å². The van der Waals surface area contributed by atoms with Crippen molar-refractivity contribution < 1.29 is 18.7 Å². The highest BCUT2D eigenvalue weighted by Gasteiger charge is 2.33. The molecule has 0 spiro atoms. The molecule has 11 heteroatoms. The van der Waals surface area contributed by atoms with E-state index in [9.17, 15) is 9.59 Å². The number of cyclic esters (lactones) is 1. The number of aromatic nitrogens is 1. The van der Waals surface area contributed by atoms with Crippen molar-refractivity contribution in [1.82, 2.24) is 15.2 Å². The molecule has 1 aromatic heterocycles. The molecule has 192 valence electrons. The molecule has 2 fully saturated rings. The van der Waals surface area contributed by atoms with Crippen molar-refractivity contribution in [3.05, 3.63) is 66.1 Å². The molecule has 0 unspecified atom stereocenters. The van der Waals surface area contributed by atoms with Crippen molar-refractivity contribution in [2.75, 3.05) is 49.1 Å². The molecule has 0 aliphatic carbocycles. The number of aromatic amines is 1. The number of fused-ring (bicyclic) bond motifs is 1. The van der Waals surface area contributed by atoms with Gasteiger partial charge in [-0.3, -0.25) is 9.69 Å². The average molecular weight is 523 g/mol. The third kappa shape index (κ3) is 5.36. The fourth-order valence-corrected chi connectivity index (χ4v) is 4.72. The lowest BCUT2D eigenvalue weighted by atomic mass is 10.1. The molecule has 0 bridgehead atoms. The fraction of sp³-hybridized carbons (Fsp3) is 0.269. The van der Waals surface area contributed by atoms with Crippen LogP contribution in [0.5, 0.6) is 0 Å². The minimum atomic E-state index is -0.547. The second kappa shape index (κ2) is 10.5. The van der Waals surface area contributed by atoms with E-state index in [-0.39, 0.29) is 24.1 Å². The van der Waals surface area contributed by atoms with Crippen LogP contribution in [-0.2, 0) is 9.53 Å². The van der Waals surface area contributed by atoms with Gasteiger partial charge in [-0.2, -0.15) is 0 Å². The Morgan fingerprint density at radius 2 is 2.00 bits per heavy atom. The highest BCUT2D eigenvalue weighted by atomic mass is 32.1. The number of nitrogens with two attached hydrogens (primary N) is 1. The van der Waals surface area contributed by atoms with Gasteiger partial charge in [-0.05, 0) is 48.1 Å². The monoisotopic (exact) mass is 522 g/mol. The number of anilines is 2. The highest BCUT2D eigenvalue weighted by Crippen LogP contribution is 2.28. The van der Waals surface area contributed by atoms with E-state index in [1.165, 1.54) is 11.0 Å². The number of nitrogens with zero attached hydrogens (tertiary/aromatic N) is 3. The summed E-state index contributed by atoms with van der Waals surface area (Å²) in [7, 11) is 0. The Morgan fingerprint density at radius 3 is 2.76 bits per heavy atom. The third-order valence-electron chi connectivity index (χ3n) is 6.58. The zero-order valence-corrected chi connectivity index (χ0v) is 20.8. The van der Waals surface area contributed by atoms with Crippen LogP contribution in [0, 0.1) is 5.82 Å². The van der Waals surface area contributed by atoms with E-state index in [1.54, 1.807) is 23.1 Å². The van der Waals surface area contributed by atoms with Gasteiger partial charge in [0.1, 0.15) is 11.9 Å². The van der Waals surface area contributed by atoms with E-state index in [0.717, 1.165) is 16.5 Å². The predicted molar refractivity (Wildman–Crippen MR) is 145 cm³/mol. The van der Waals surface area contributed by atoms with E-state index in [4.69, 9.17) is 22.7 Å². The third-order valence-corrected chi connectivity index (χ3v) is 6.72. The lowest BCUT2D eigenvalue weighted by molar-refractivity contribution is -0.126. The van der Waals surface area contributed by atoms with Gasteiger partial charge in [0.05, 0.1) is 24.5 Å². The summed E-state index contributed by atoms with van der Waals surface area (Å²) in [6, 6.07) is 12.6. The van der Waals surface area contributed by atoms with E-state index in [1.807, 2.05) is 41.4 Å². The average Bonchev–Trinajstić information content (AvgIpc) is 3.49. The molecule has 2 amide bonds. The molecular weight excluding hydrogens is 495 g/mol. The first-order valence-corrected chi connectivity index (χ1v) is 12.4. The van der Waals surface area contributed by atoms with Gasteiger partial charge in [0.25, 0.3) is 0 Å². The molecule has 2 aliphatic heterocycles. The molecular formula is C26H27FN6O3S. The number of nitrogens with one attached hydrogen (secondary N) is 2. The highest BCUT2D eigenvalue weighted by molar-refractivity contribution is 7.80. The minimum Gasteiger partial charge on any atom is -0.442 e. The zero-order valence-electron chi connectivity index (χ0n) is 20.0. The Kier molecular flexibility index (Phi) is 6.95. The maximum atomic E-state index is 15.1. The first-order valence-electron chi connectivity index (χ1n) is 12.0. The zero-order chi connectivity index (χ0) is 25.9. The molecule has 5 rings (SSSR count). The molecule has 0 saturated carbocycles. The maximum absolute atomic E-state index is 15.1. The number of rotatable bonds is 6. The molecule has 3 aromatic rings. The van der Waals surface area contributed by atoms with Crippen molar-refractivity contribution in [1.29, 1.82) is 0 Å². The van der Waals surface area contributed by atoms with Crippen LogP contribution >= 0.6 is 12.2 Å². The Hall–Kier alpha value is -4.12. The Labute approximate surface area is 218 Å². The number of H-pyrrole nitrogens is 1. The summed E-state index contributed by atoms with van der Waals surface area (Å²) in [6.07, 6.45) is 4.30. The quantitative estimate of drug-likeness (QED) is 0.338. The van der Waals surface area contributed by atoms with Crippen LogP contribution in [-0.4, -0.2) is 72.4 Å². The number of thiocarbonyl (C=S) groups is 1. The molecule has 0 radical (unpaired) electrons. The Bertz CT molecular complexity index is 1370. The smallest absolute Gasteiger partial charge is 0.414 e. The number of para-hydroxylation sites is 1. The Morgan fingerprint density at radius 1 is 1.22 bits per heavy atom. The van der Waals surface area contributed by atoms with Gasteiger partial charge in [-0.15, -0.1) is 0 Å². The maximum Gasteiger partial charge on any atom is 0.414 e.